The Balaban J connectivity index is 2.31. The van der Waals surface area contributed by atoms with E-state index in [0.29, 0.717) is 21.9 Å². The number of halogens is 1. The average molecular weight is 372 g/mol. The molecule has 0 aromatic heterocycles. The van der Waals surface area contributed by atoms with Gasteiger partial charge in [-0.2, -0.15) is 5.26 Å². The van der Waals surface area contributed by atoms with Crippen LogP contribution in [0.1, 0.15) is 11.1 Å². The van der Waals surface area contributed by atoms with Crippen molar-refractivity contribution >= 4 is 35.0 Å². The summed E-state index contributed by atoms with van der Waals surface area (Å²) in [7, 11) is 1.47. The maximum absolute atomic E-state index is 12.3. The molecule has 0 aliphatic rings. The lowest BCUT2D eigenvalue weighted by molar-refractivity contribution is -0.384. The predicted octanol–water partition coefficient (Wildman–Crippen LogP) is 4.11. The second kappa shape index (κ2) is 8.14. The maximum atomic E-state index is 12.3. The fourth-order valence-corrected chi connectivity index (χ4v) is 2.44. The van der Waals surface area contributed by atoms with Gasteiger partial charge < -0.3 is 10.1 Å². The van der Waals surface area contributed by atoms with Crippen LogP contribution in [0.5, 0.6) is 5.75 Å². The summed E-state index contributed by atoms with van der Waals surface area (Å²) in [6, 6.07) is 10.9. The van der Waals surface area contributed by atoms with Crippen molar-refractivity contribution in [3.8, 4) is 11.8 Å². The fourth-order valence-electron chi connectivity index (χ4n) is 2.18. The van der Waals surface area contributed by atoms with Gasteiger partial charge in [-0.15, -0.1) is 0 Å². The van der Waals surface area contributed by atoms with Gasteiger partial charge in [-0.25, -0.2) is 0 Å². The van der Waals surface area contributed by atoms with E-state index in [2.05, 4.69) is 5.32 Å². The van der Waals surface area contributed by atoms with Crippen LogP contribution in [0.3, 0.4) is 0 Å². The largest absolute Gasteiger partial charge is 0.495 e. The molecule has 132 valence electrons. The summed E-state index contributed by atoms with van der Waals surface area (Å²) in [6.07, 6.45) is 1.33. The third-order valence-electron chi connectivity index (χ3n) is 3.45. The molecule has 0 atom stereocenters. The number of carbonyl (C=O) groups is 1. The zero-order valence-electron chi connectivity index (χ0n) is 13.9. The Morgan fingerprint density at radius 1 is 1.35 bits per heavy atom. The molecule has 0 heterocycles. The van der Waals surface area contributed by atoms with Gasteiger partial charge in [-0.3, -0.25) is 14.9 Å². The third-order valence-corrected chi connectivity index (χ3v) is 3.75. The minimum atomic E-state index is -0.758. The molecule has 0 unspecified atom stereocenters. The summed E-state index contributed by atoms with van der Waals surface area (Å²) >= 11 is 6.02. The molecule has 2 aromatic carbocycles. The smallest absolute Gasteiger partial charge is 0.293 e. The van der Waals surface area contributed by atoms with Crippen LogP contribution in [0, 0.1) is 28.4 Å². The molecule has 8 heteroatoms. The number of anilines is 1. The van der Waals surface area contributed by atoms with Gasteiger partial charge in [0, 0.05) is 6.07 Å². The van der Waals surface area contributed by atoms with Gasteiger partial charge >= 0.3 is 0 Å². The molecule has 0 bridgehead atoms. The quantitative estimate of drug-likeness (QED) is 0.368. The van der Waals surface area contributed by atoms with E-state index in [0.717, 1.165) is 0 Å². The molecule has 2 aromatic rings. The topological polar surface area (TPSA) is 105 Å². The number of nitro benzene ring substituents is 1. The van der Waals surface area contributed by atoms with Gasteiger partial charge in [0.1, 0.15) is 23.1 Å². The molecule has 0 radical (unpaired) electrons. The standard InChI is InChI=1S/C18H14ClN3O4/c1-11-3-5-15(16(7-11)22(24)25)21-18(23)13(10-20)8-12-4-6-17(26-2)14(19)9-12/h3-9H,1-2H3,(H,21,23)/b13-8+. The molecule has 0 aliphatic carbocycles. The Hall–Kier alpha value is -3.37. The van der Waals surface area contributed by atoms with Crippen molar-refractivity contribution in [3.05, 3.63) is 68.2 Å². The van der Waals surface area contributed by atoms with Crippen molar-refractivity contribution in [2.24, 2.45) is 0 Å². The Morgan fingerprint density at radius 2 is 2.08 bits per heavy atom. The Morgan fingerprint density at radius 3 is 2.65 bits per heavy atom. The van der Waals surface area contributed by atoms with Gasteiger partial charge in [0.2, 0.25) is 0 Å². The molecule has 26 heavy (non-hydrogen) atoms. The lowest BCUT2D eigenvalue weighted by Crippen LogP contribution is -2.14. The number of rotatable bonds is 5. The summed E-state index contributed by atoms with van der Waals surface area (Å²) in [4.78, 5) is 22.9. The number of hydrogen-bond donors (Lipinski definition) is 1. The minimum absolute atomic E-state index is 0.0134. The van der Waals surface area contributed by atoms with Crippen molar-refractivity contribution in [2.45, 2.75) is 6.92 Å². The zero-order chi connectivity index (χ0) is 19.3. The highest BCUT2D eigenvalue weighted by Crippen LogP contribution is 2.27. The maximum Gasteiger partial charge on any atom is 0.293 e. The molecule has 7 nitrogen and oxygen atoms in total. The summed E-state index contributed by atoms with van der Waals surface area (Å²) in [5, 5.41) is 23.1. The van der Waals surface area contributed by atoms with Crippen molar-refractivity contribution in [2.75, 3.05) is 12.4 Å². The lowest BCUT2D eigenvalue weighted by Gasteiger charge is -2.07. The average Bonchev–Trinajstić information content (AvgIpc) is 2.61. The number of nitriles is 1. The monoisotopic (exact) mass is 371 g/mol. The highest BCUT2D eigenvalue weighted by molar-refractivity contribution is 6.32. The molecule has 0 spiro atoms. The van der Waals surface area contributed by atoms with Gasteiger partial charge in [-0.1, -0.05) is 23.7 Å². The van der Waals surface area contributed by atoms with E-state index in [9.17, 15) is 20.2 Å². The van der Waals surface area contributed by atoms with Crippen LogP contribution >= 0.6 is 11.6 Å². The van der Waals surface area contributed by atoms with E-state index in [1.807, 2.05) is 0 Å². The van der Waals surface area contributed by atoms with Crippen LogP contribution in [-0.2, 0) is 4.79 Å². The van der Waals surface area contributed by atoms with Gasteiger partial charge in [0.25, 0.3) is 11.6 Å². The van der Waals surface area contributed by atoms with E-state index in [4.69, 9.17) is 16.3 Å². The molecule has 0 aliphatic heterocycles. The molecular weight excluding hydrogens is 358 g/mol. The van der Waals surface area contributed by atoms with E-state index in [-0.39, 0.29) is 16.9 Å². The van der Waals surface area contributed by atoms with Crippen LogP contribution in [0.2, 0.25) is 5.02 Å². The van der Waals surface area contributed by atoms with E-state index < -0.39 is 10.8 Å². The highest BCUT2D eigenvalue weighted by Gasteiger charge is 2.18. The van der Waals surface area contributed by atoms with Crippen molar-refractivity contribution in [1.29, 1.82) is 5.26 Å². The molecule has 1 amide bonds. The van der Waals surface area contributed by atoms with Gasteiger partial charge in [0.15, 0.2) is 0 Å². The number of nitrogens with zero attached hydrogens (tertiary/aromatic N) is 2. The third kappa shape index (κ3) is 4.37. The molecule has 0 saturated carbocycles. The Kier molecular flexibility index (Phi) is 5.94. The normalized spacial score (nSPS) is 10.8. The first kappa shape index (κ1) is 19.0. The first-order chi connectivity index (χ1) is 12.3. The molecule has 1 N–H and O–H groups in total. The SMILES string of the molecule is COc1ccc(/C=C(\C#N)C(=O)Nc2ccc(C)cc2[N+](=O)[O-])cc1Cl. The summed E-state index contributed by atoms with van der Waals surface area (Å²) in [6.45, 7) is 1.70. The summed E-state index contributed by atoms with van der Waals surface area (Å²) < 4.78 is 5.04. The molecule has 0 saturated heterocycles. The number of aryl methyl sites for hydroxylation is 1. The zero-order valence-corrected chi connectivity index (χ0v) is 14.7. The lowest BCUT2D eigenvalue weighted by atomic mass is 10.1. The Labute approximate surface area is 154 Å². The second-order valence-corrected chi connectivity index (χ2v) is 5.70. The molecular formula is C18H14ClN3O4. The van der Waals surface area contributed by atoms with E-state index >= 15 is 0 Å². The van der Waals surface area contributed by atoms with Crippen molar-refractivity contribution in [1.82, 2.24) is 0 Å². The van der Waals surface area contributed by atoms with Crippen LogP contribution in [0.25, 0.3) is 6.08 Å². The van der Waals surface area contributed by atoms with Crippen LogP contribution in [0.15, 0.2) is 42.0 Å². The van der Waals surface area contributed by atoms with Crippen molar-refractivity contribution < 1.29 is 14.5 Å². The van der Waals surface area contributed by atoms with Gasteiger partial charge in [-0.05, 0) is 42.3 Å². The summed E-state index contributed by atoms with van der Waals surface area (Å²) in [5.74, 6) is -0.298. The number of methoxy groups -OCH3 is 1. The number of nitrogens with one attached hydrogen (secondary N) is 1. The van der Waals surface area contributed by atoms with Crippen LogP contribution in [-0.4, -0.2) is 17.9 Å². The molecule has 2 rings (SSSR count). The van der Waals surface area contributed by atoms with Crippen molar-refractivity contribution in [3.63, 3.8) is 0 Å². The number of amides is 1. The number of carbonyl (C=O) groups excluding carboxylic acids is 1. The first-order valence-corrected chi connectivity index (χ1v) is 7.75. The summed E-state index contributed by atoms with van der Waals surface area (Å²) in [5.41, 5.74) is 0.739. The van der Waals surface area contributed by atoms with E-state index in [1.165, 1.54) is 25.3 Å². The predicted molar refractivity (Wildman–Crippen MR) is 98.1 cm³/mol. The minimum Gasteiger partial charge on any atom is -0.495 e. The highest BCUT2D eigenvalue weighted by atomic mass is 35.5. The van der Waals surface area contributed by atoms with Crippen LogP contribution < -0.4 is 10.1 Å². The molecule has 0 fully saturated rings. The van der Waals surface area contributed by atoms with Crippen LogP contribution in [0.4, 0.5) is 11.4 Å². The van der Waals surface area contributed by atoms with Gasteiger partial charge in [0.05, 0.1) is 17.1 Å². The Bertz CT molecular complexity index is 948. The second-order valence-electron chi connectivity index (χ2n) is 5.30. The number of benzene rings is 2. The van der Waals surface area contributed by atoms with E-state index in [1.54, 1.807) is 37.3 Å². The number of hydrogen-bond acceptors (Lipinski definition) is 5. The number of ether oxygens (including phenoxy) is 1. The number of nitro groups is 1. The first-order valence-electron chi connectivity index (χ1n) is 7.37. The fraction of sp³-hybridized carbons (Fsp3) is 0.111.